The zero-order valence-electron chi connectivity index (χ0n) is 15.1. The Hall–Kier alpha value is -1.17. The smallest absolute Gasteiger partial charge is 0.191 e. The number of guanidine groups is 1. The highest BCUT2D eigenvalue weighted by Crippen LogP contribution is 2.20. The largest absolute Gasteiger partial charge is 0.357 e. The molecular weight excluding hydrogens is 294 g/mol. The number of aliphatic imine (C=N–C) groups is 1. The van der Waals surface area contributed by atoms with E-state index in [1.165, 1.54) is 11.3 Å². The fraction of sp³-hybridized carbons (Fsp3) is 0.750. The number of hydrogen-bond donors (Lipinski definition) is 2. The van der Waals surface area contributed by atoms with E-state index < -0.39 is 0 Å². The van der Waals surface area contributed by atoms with Gasteiger partial charge >= 0.3 is 0 Å². The Balaban J connectivity index is 2.59. The summed E-state index contributed by atoms with van der Waals surface area (Å²) in [5.74, 6) is 0.892. The summed E-state index contributed by atoms with van der Waals surface area (Å²) in [5, 5.41) is 11.2. The third-order valence-corrected chi connectivity index (χ3v) is 5.08. The van der Waals surface area contributed by atoms with Crippen LogP contribution in [0, 0.1) is 13.8 Å². The topological polar surface area (TPSA) is 54.2 Å². The summed E-state index contributed by atoms with van der Waals surface area (Å²) < 4.78 is 2.11. The zero-order chi connectivity index (χ0) is 16.8. The Labute approximate surface area is 139 Å². The van der Waals surface area contributed by atoms with Gasteiger partial charge in [-0.3, -0.25) is 9.67 Å². The van der Waals surface area contributed by atoms with E-state index in [-0.39, 0.29) is 4.75 Å². The average Bonchev–Trinajstić information content (AvgIpc) is 2.71. The van der Waals surface area contributed by atoms with Gasteiger partial charge in [-0.1, -0.05) is 0 Å². The van der Waals surface area contributed by atoms with Gasteiger partial charge in [0.2, 0.25) is 0 Å². The number of aryl methyl sites for hydroxylation is 2. The van der Waals surface area contributed by atoms with Gasteiger partial charge in [-0.05, 0) is 52.9 Å². The van der Waals surface area contributed by atoms with Crippen LogP contribution in [0.25, 0.3) is 0 Å². The first-order valence-electron chi connectivity index (χ1n) is 7.87. The fourth-order valence-corrected chi connectivity index (χ4v) is 2.35. The second kappa shape index (κ2) is 8.46. The number of hydrogen-bond acceptors (Lipinski definition) is 3. The van der Waals surface area contributed by atoms with Crippen molar-refractivity contribution in [1.29, 1.82) is 0 Å². The molecule has 0 aliphatic rings. The van der Waals surface area contributed by atoms with Gasteiger partial charge in [0.25, 0.3) is 0 Å². The van der Waals surface area contributed by atoms with Crippen molar-refractivity contribution in [3.05, 3.63) is 17.0 Å². The van der Waals surface area contributed by atoms with E-state index >= 15 is 0 Å². The lowest BCUT2D eigenvalue weighted by Crippen LogP contribution is -2.39. The maximum Gasteiger partial charge on any atom is 0.191 e. The molecule has 1 aromatic rings. The van der Waals surface area contributed by atoms with Crippen LogP contribution in [0.5, 0.6) is 0 Å². The van der Waals surface area contributed by atoms with Gasteiger partial charge in [0.1, 0.15) is 0 Å². The van der Waals surface area contributed by atoms with Gasteiger partial charge < -0.3 is 10.6 Å². The van der Waals surface area contributed by atoms with E-state index in [0.29, 0.717) is 0 Å². The molecule has 6 heteroatoms. The minimum absolute atomic E-state index is 0.166. The molecule has 0 saturated carbocycles. The Bertz CT molecular complexity index is 505. The molecule has 0 fully saturated rings. The molecule has 0 spiro atoms. The maximum atomic E-state index is 4.69. The standard InChI is InChI=1S/C16H31N5S/c1-8-17-15(19-11-16(4,5)22-7)18-10-9-14-12(2)20-21(6)13(14)3/h8-11H2,1-7H3,(H2,17,18,19). The van der Waals surface area contributed by atoms with Crippen LogP contribution in [0.3, 0.4) is 0 Å². The van der Waals surface area contributed by atoms with Crippen LogP contribution >= 0.6 is 11.8 Å². The molecule has 0 aliphatic carbocycles. The van der Waals surface area contributed by atoms with Crippen molar-refractivity contribution in [2.75, 3.05) is 25.9 Å². The van der Waals surface area contributed by atoms with Gasteiger partial charge in [-0.2, -0.15) is 16.9 Å². The molecule has 0 saturated heterocycles. The monoisotopic (exact) mass is 325 g/mol. The van der Waals surface area contributed by atoms with Gasteiger partial charge in [-0.25, -0.2) is 0 Å². The van der Waals surface area contributed by atoms with Gasteiger partial charge in [0, 0.05) is 30.6 Å². The van der Waals surface area contributed by atoms with E-state index in [9.17, 15) is 0 Å². The van der Waals surface area contributed by atoms with Crippen molar-refractivity contribution >= 4 is 17.7 Å². The summed E-state index contributed by atoms with van der Waals surface area (Å²) in [6.07, 6.45) is 3.09. The van der Waals surface area contributed by atoms with Crippen molar-refractivity contribution in [2.24, 2.45) is 12.0 Å². The molecule has 0 aromatic carbocycles. The molecule has 0 unspecified atom stereocenters. The second-order valence-electron chi connectivity index (χ2n) is 6.11. The number of nitrogens with zero attached hydrogens (tertiary/aromatic N) is 3. The quantitative estimate of drug-likeness (QED) is 0.596. The zero-order valence-corrected chi connectivity index (χ0v) is 15.9. The van der Waals surface area contributed by atoms with Gasteiger partial charge in [0.15, 0.2) is 5.96 Å². The SMILES string of the molecule is CCNC(=NCC(C)(C)SC)NCCc1c(C)nn(C)c1C. The predicted molar refractivity (Wildman–Crippen MR) is 98.0 cm³/mol. The van der Waals surface area contributed by atoms with Crippen LogP contribution in [-0.4, -0.2) is 46.4 Å². The molecule has 0 aliphatic heterocycles. The van der Waals surface area contributed by atoms with Crippen LogP contribution in [0.4, 0.5) is 0 Å². The molecule has 1 heterocycles. The first kappa shape index (κ1) is 18.9. The normalized spacial score (nSPS) is 12.6. The fourth-order valence-electron chi connectivity index (χ4n) is 2.16. The number of rotatable bonds is 7. The van der Waals surface area contributed by atoms with Crippen LogP contribution in [0.15, 0.2) is 4.99 Å². The van der Waals surface area contributed by atoms with Crippen LogP contribution in [0.1, 0.15) is 37.7 Å². The van der Waals surface area contributed by atoms with Crippen molar-refractivity contribution < 1.29 is 0 Å². The highest BCUT2D eigenvalue weighted by atomic mass is 32.2. The first-order chi connectivity index (χ1) is 10.3. The lowest BCUT2D eigenvalue weighted by Gasteiger charge is -2.20. The van der Waals surface area contributed by atoms with Gasteiger partial charge in [-0.15, -0.1) is 0 Å². The molecule has 2 N–H and O–H groups in total. The lowest BCUT2D eigenvalue weighted by atomic mass is 10.1. The Morgan fingerprint density at radius 1 is 1.32 bits per heavy atom. The number of aromatic nitrogens is 2. The minimum Gasteiger partial charge on any atom is -0.357 e. The van der Waals surface area contributed by atoms with E-state index in [4.69, 9.17) is 0 Å². The highest BCUT2D eigenvalue weighted by Gasteiger charge is 2.15. The predicted octanol–water partition coefficient (Wildman–Crippen LogP) is 2.28. The maximum absolute atomic E-state index is 4.69. The Morgan fingerprint density at radius 2 is 2.00 bits per heavy atom. The highest BCUT2D eigenvalue weighted by molar-refractivity contribution is 7.99. The van der Waals surface area contributed by atoms with Crippen LogP contribution in [-0.2, 0) is 13.5 Å². The van der Waals surface area contributed by atoms with E-state index in [0.717, 1.165) is 37.7 Å². The lowest BCUT2D eigenvalue weighted by molar-refractivity contribution is 0.709. The minimum atomic E-state index is 0.166. The Morgan fingerprint density at radius 3 is 2.50 bits per heavy atom. The first-order valence-corrected chi connectivity index (χ1v) is 9.09. The molecule has 0 bridgehead atoms. The summed E-state index contributed by atoms with van der Waals surface area (Å²) >= 11 is 1.84. The van der Waals surface area contributed by atoms with E-state index in [2.05, 4.69) is 61.6 Å². The average molecular weight is 326 g/mol. The molecule has 0 amide bonds. The number of thioether (sulfide) groups is 1. The van der Waals surface area contributed by atoms with Crippen molar-refractivity contribution in [1.82, 2.24) is 20.4 Å². The molecular formula is C16H31N5S. The third kappa shape index (κ3) is 5.55. The summed E-state index contributed by atoms with van der Waals surface area (Å²) in [5.41, 5.74) is 3.69. The van der Waals surface area contributed by atoms with Crippen molar-refractivity contribution in [2.45, 2.75) is 45.8 Å². The van der Waals surface area contributed by atoms with Crippen molar-refractivity contribution in [3.8, 4) is 0 Å². The molecule has 22 heavy (non-hydrogen) atoms. The third-order valence-electron chi connectivity index (χ3n) is 3.84. The molecule has 126 valence electrons. The Kier molecular flexibility index (Phi) is 7.26. The molecule has 0 radical (unpaired) electrons. The summed E-state index contributed by atoms with van der Waals surface area (Å²) in [6.45, 7) is 13.2. The van der Waals surface area contributed by atoms with Crippen molar-refractivity contribution in [3.63, 3.8) is 0 Å². The molecule has 1 rings (SSSR count). The molecule has 0 atom stereocenters. The van der Waals surface area contributed by atoms with Gasteiger partial charge in [0.05, 0.1) is 12.2 Å². The van der Waals surface area contributed by atoms with E-state index in [1.54, 1.807) is 0 Å². The molecule has 1 aromatic heterocycles. The van der Waals surface area contributed by atoms with E-state index in [1.807, 2.05) is 23.5 Å². The van der Waals surface area contributed by atoms with Crippen LogP contribution < -0.4 is 10.6 Å². The second-order valence-corrected chi connectivity index (χ2v) is 7.62. The number of nitrogens with one attached hydrogen (secondary N) is 2. The molecule has 5 nitrogen and oxygen atoms in total. The summed E-state index contributed by atoms with van der Waals surface area (Å²) in [7, 11) is 2.00. The summed E-state index contributed by atoms with van der Waals surface area (Å²) in [4.78, 5) is 4.69. The van der Waals surface area contributed by atoms with Crippen LogP contribution in [0.2, 0.25) is 0 Å². The summed E-state index contributed by atoms with van der Waals surface area (Å²) in [6, 6.07) is 0.